The van der Waals surface area contributed by atoms with E-state index >= 15 is 0 Å². The van der Waals surface area contributed by atoms with E-state index in [9.17, 15) is 4.79 Å². The first-order chi connectivity index (χ1) is 8.83. The molecule has 0 amide bonds. The predicted octanol–water partition coefficient (Wildman–Crippen LogP) is 3.50. The number of nitrogens with zero attached hydrogens (tertiary/aromatic N) is 1. The Hall–Kier alpha value is -0.870. The van der Waals surface area contributed by atoms with Gasteiger partial charge < -0.3 is 4.74 Å². The lowest BCUT2D eigenvalue weighted by atomic mass is 10.1. The van der Waals surface area contributed by atoms with Gasteiger partial charge in [-0.1, -0.05) is 22.0 Å². The van der Waals surface area contributed by atoms with E-state index in [1.807, 2.05) is 20.8 Å². The third kappa shape index (κ3) is 4.32. The summed E-state index contributed by atoms with van der Waals surface area (Å²) in [5.41, 5.74) is 2.31. The molecule has 4 heteroatoms. The van der Waals surface area contributed by atoms with Crippen LogP contribution in [0.4, 0.5) is 0 Å². The Labute approximate surface area is 123 Å². The number of rotatable bonds is 3. The van der Waals surface area contributed by atoms with Crippen LogP contribution in [0, 0.1) is 0 Å². The lowest BCUT2D eigenvalue weighted by Gasteiger charge is -2.21. The second-order valence-corrected chi connectivity index (χ2v) is 6.88. The predicted molar refractivity (Wildman–Crippen MR) is 78.7 cm³/mol. The quantitative estimate of drug-likeness (QED) is 0.796. The van der Waals surface area contributed by atoms with Crippen LogP contribution in [0.15, 0.2) is 22.7 Å². The Balaban J connectivity index is 1.83. The molecular formula is C15H20BrNO2. The molecule has 1 heterocycles. The highest BCUT2D eigenvalue weighted by Gasteiger charge is 2.21. The summed E-state index contributed by atoms with van der Waals surface area (Å²) in [5, 5.41) is 0. The lowest BCUT2D eigenvalue weighted by molar-refractivity contribution is -0.155. The molecule has 1 aromatic rings. The SMILES string of the molecule is CC(C)(C)OC(=O)CCN1Cc2ccc(Br)cc2C1. The Morgan fingerprint density at radius 2 is 2.00 bits per heavy atom. The van der Waals surface area contributed by atoms with Crippen LogP contribution in [0.1, 0.15) is 38.3 Å². The van der Waals surface area contributed by atoms with Crippen LogP contribution in [0.5, 0.6) is 0 Å². The minimum Gasteiger partial charge on any atom is -0.460 e. The van der Waals surface area contributed by atoms with Crippen molar-refractivity contribution in [3.63, 3.8) is 0 Å². The third-order valence-electron chi connectivity index (χ3n) is 3.01. The van der Waals surface area contributed by atoms with Gasteiger partial charge in [0.15, 0.2) is 0 Å². The van der Waals surface area contributed by atoms with Gasteiger partial charge in [-0.2, -0.15) is 0 Å². The van der Waals surface area contributed by atoms with Crippen molar-refractivity contribution in [1.82, 2.24) is 4.90 Å². The summed E-state index contributed by atoms with van der Waals surface area (Å²) in [4.78, 5) is 14.0. The maximum absolute atomic E-state index is 11.7. The van der Waals surface area contributed by atoms with Crippen LogP contribution >= 0.6 is 15.9 Å². The minimum atomic E-state index is -0.393. The number of benzene rings is 1. The molecule has 1 aliphatic rings. The zero-order valence-corrected chi connectivity index (χ0v) is 13.3. The van der Waals surface area contributed by atoms with Gasteiger partial charge in [-0.05, 0) is 44.0 Å². The van der Waals surface area contributed by atoms with E-state index in [4.69, 9.17) is 4.74 Å². The number of fused-ring (bicyclic) bond motifs is 1. The maximum Gasteiger partial charge on any atom is 0.307 e. The van der Waals surface area contributed by atoms with E-state index in [-0.39, 0.29) is 5.97 Å². The van der Waals surface area contributed by atoms with Crippen LogP contribution in [0.3, 0.4) is 0 Å². The van der Waals surface area contributed by atoms with Gasteiger partial charge in [0.2, 0.25) is 0 Å². The van der Waals surface area contributed by atoms with Gasteiger partial charge in [0, 0.05) is 24.1 Å². The van der Waals surface area contributed by atoms with E-state index in [1.54, 1.807) is 0 Å². The Morgan fingerprint density at radius 1 is 1.32 bits per heavy atom. The molecule has 0 fully saturated rings. The average molecular weight is 326 g/mol. The normalized spacial score (nSPS) is 15.4. The first kappa shape index (κ1) is 14.5. The van der Waals surface area contributed by atoms with E-state index in [0.29, 0.717) is 6.42 Å². The maximum atomic E-state index is 11.7. The fourth-order valence-electron chi connectivity index (χ4n) is 2.23. The summed E-state index contributed by atoms with van der Waals surface area (Å²) in [6, 6.07) is 6.37. The molecule has 0 atom stereocenters. The molecule has 0 spiro atoms. The van der Waals surface area contributed by atoms with Gasteiger partial charge in [-0.25, -0.2) is 0 Å². The average Bonchev–Trinajstić information content (AvgIpc) is 2.66. The fraction of sp³-hybridized carbons (Fsp3) is 0.533. The lowest BCUT2D eigenvalue weighted by Crippen LogP contribution is -2.27. The molecule has 1 aromatic carbocycles. The van der Waals surface area contributed by atoms with Crippen LogP contribution in [0.25, 0.3) is 0 Å². The van der Waals surface area contributed by atoms with Gasteiger partial charge in [0.25, 0.3) is 0 Å². The molecule has 0 bridgehead atoms. The highest BCUT2D eigenvalue weighted by molar-refractivity contribution is 9.10. The third-order valence-corrected chi connectivity index (χ3v) is 3.50. The second kappa shape index (κ2) is 5.63. The van der Waals surface area contributed by atoms with E-state index in [0.717, 1.165) is 24.1 Å². The summed E-state index contributed by atoms with van der Waals surface area (Å²) >= 11 is 3.49. The highest BCUT2D eigenvalue weighted by atomic mass is 79.9. The summed E-state index contributed by atoms with van der Waals surface area (Å²) in [6.45, 7) is 8.28. The second-order valence-electron chi connectivity index (χ2n) is 5.96. The molecule has 0 saturated carbocycles. The first-order valence-corrected chi connectivity index (χ1v) is 7.34. The molecule has 0 aromatic heterocycles. The fourth-order valence-corrected chi connectivity index (χ4v) is 2.64. The topological polar surface area (TPSA) is 29.5 Å². The van der Waals surface area contributed by atoms with Gasteiger partial charge in [-0.15, -0.1) is 0 Å². The molecule has 3 nitrogen and oxygen atoms in total. The van der Waals surface area contributed by atoms with Gasteiger partial charge >= 0.3 is 5.97 Å². The molecule has 0 N–H and O–H groups in total. The number of hydrogen-bond acceptors (Lipinski definition) is 3. The monoisotopic (exact) mass is 325 g/mol. The van der Waals surface area contributed by atoms with Crippen molar-refractivity contribution in [3.05, 3.63) is 33.8 Å². The van der Waals surface area contributed by atoms with Gasteiger partial charge in [0.1, 0.15) is 5.60 Å². The van der Waals surface area contributed by atoms with Crippen molar-refractivity contribution in [2.75, 3.05) is 6.54 Å². The molecular weight excluding hydrogens is 306 g/mol. The number of hydrogen-bond donors (Lipinski definition) is 0. The molecule has 1 aliphatic heterocycles. The van der Waals surface area contributed by atoms with Gasteiger partial charge in [0.05, 0.1) is 6.42 Å². The molecule has 0 radical (unpaired) electrons. The summed E-state index contributed by atoms with van der Waals surface area (Å²) in [6.07, 6.45) is 0.451. The van der Waals surface area contributed by atoms with Crippen molar-refractivity contribution in [2.45, 2.75) is 45.9 Å². The van der Waals surface area contributed by atoms with Crippen molar-refractivity contribution in [3.8, 4) is 0 Å². The largest absolute Gasteiger partial charge is 0.460 e. The molecule has 2 rings (SSSR count). The van der Waals surface area contributed by atoms with Crippen LogP contribution in [-0.2, 0) is 22.6 Å². The number of carbonyl (C=O) groups is 1. The molecule has 19 heavy (non-hydrogen) atoms. The Bertz CT molecular complexity index is 480. The molecule has 0 saturated heterocycles. The van der Waals surface area contributed by atoms with E-state index in [1.165, 1.54) is 11.1 Å². The van der Waals surface area contributed by atoms with Gasteiger partial charge in [-0.3, -0.25) is 9.69 Å². The van der Waals surface area contributed by atoms with Crippen molar-refractivity contribution >= 4 is 21.9 Å². The number of esters is 1. The minimum absolute atomic E-state index is 0.121. The number of ether oxygens (including phenoxy) is 1. The molecule has 0 aliphatic carbocycles. The zero-order chi connectivity index (χ0) is 14.0. The van der Waals surface area contributed by atoms with Crippen LogP contribution in [-0.4, -0.2) is 23.0 Å². The van der Waals surface area contributed by atoms with E-state index < -0.39 is 5.60 Å². The molecule has 104 valence electrons. The smallest absolute Gasteiger partial charge is 0.307 e. The first-order valence-electron chi connectivity index (χ1n) is 6.55. The van der Waals surface area contributed by atoms with Crippen molar-refractivity contribution < 1.29 is 9.53 Å². The molecule has 0 unspecified atom stereocenters. The Morgan fingerprint density at radius 3 is 2.68 bits per heavy atom. The van der Waals surface area contributed by atoms with Crippen molar-refractivity contribution in [2.24, 2.45) is 0 Å². The van der Waals surface area contributed by atoms with E-state index in [2.05, 4.69) is 39.0 Å². The zero-order valence-electron chi connectivity index (χ0n) is 11.7. The highest BCUT2D eigenvalue weighted by Crippen LogP contribution is 2.25. The summed E-state index contributed by atoms with van der Waals surface area (Å²) < 4.78 is 6.43. The standard InChI is InChI=1S/C15H20BrNO2/c1-15(2,3)19-14(18)6-7-17-9-11-4-5-13(16)8-12(11)10-17/h4-5,8H,6-7,9-10H2,1-3H3. The summed E-state index contributed by atoms with van der Waals surface area (Å²) in [5.74, 6) is -0.121. The number of carbonyl (C=O) groups excluding carboxylic acids is 1. The van der Waals surface area contributed by atoms with Crippen molar-refractivity contribution in [1.29, 1.82) is 0 Å². The number of halogens is 1. The van der Waals surface area contributed by atoms with Crippen LogP contribution < -0.4 is 0 Å². The van der Waals surface area contributed by atoms with Crippen LogP contribution in [0.2, 0.25) is 0 Å². The summed E-state index contributed by atoms with van der Waals surface area (Å²) in [7, 11) is 0. The Kier molecular flexibility index (Phi) is 4.31.